The van der Waals surface area contributed by atoms with Gasteiger partial charge in [-0.05, 0) is 43.0 Å². The first-order chi connectivity index (χ1) is 14.2. The second-order valence-corrected chi connectivity index (χ2v) is 6.40. The van der Waals surface area contributed by atoms with E-state index < -0.39 is 17.5 Å². The maximum absolute atomic E-state index is 12.9. The van der Waals surface area contributed by atoms with Crippen molar-refractivity contribution in [1.29, 1.82) is 5.39 Å². The molecule has 0 atom stereocenters. The molecule has 0 heterocycles. The Balaban J connectivity index is 1.93. The van der Waals surface area contributed by atoms with Gasteiger partial charge < -0.3 is 9.84 Å². The van der Waals surface area contributed by atoms with Gasteiger partial charge in [0.05, 0.1) is 6.54 Å². The molecule has 0 fully saturated rings. The number of hydrogen-bond acceptors (Lipinski definition) is 4. The van der Waals surface area contributed by atoms with Crippen LogP contribution in [0.2, 0.25) is 0 Å². The number of carbonyl (C=O) groups excluding carboxylic acids is 1. The minimum absolute atomic E-state index is 0.0708. The van der Waals surface area contributed by atoms with Gasteiger partial charge in [0.15, 0.2) is 4.98 Å². The molecule has 144 valence electrons. The van der Waals surface area contributed by atoms with Crippen molar-refractivity contribution < 1.29 is 14.6 Å². The molecule has 0 unspecified atom stereocenters. The molecule has 1 aliphatic carbocycles. The van der Waals surface area contributed by atoms with E-state index in [0.29, 0.717) is 11.4 Å². The third kappa shape index (κ3) is 4.45. The summed E-state index contributed by atoms with van der Waals surface area (Å²) in [4.78, 5) is 17.1. The third-order valence-electron chi connectivity index (χ3n) is 4.55. The Morgan fingerprint density at radius 2 is 1.93 bits per heavy atom. The molecule has 1 aliphatic rings. The Morgan fingerprint density at radius 1 is 1.21 bits per heavy atom. The van der Waals surface area contributed by atoms with Gasteiger partial charge in [0.25, 0.3) is 0 Å². The maximum Gasteiger partial charge on any atom is 0.528 e. The predicted octanol–water partition coefficient (Wildman–Crippen LogP) is 4.88. The van der Waals surface area contributed by atoms with Crippen molar-refractivity contribution in [2.45, 2.75) is 19.3 Å². The van der Waals surface area contributed by atoms with E-state index in [9.17, 15) is 15.3 Å². The number of aliphatic hydroxyl groups excluding tert-OH is 1. The summed E-state index contributed by atoms with van der Waals surface area (Å²) in [5.74, 6) is 1.17. The van der Waals surface area contributed by atoms with Gasteiger partial charge in [-0.1, -0.05) is 48.4 Å². The molecule has 0 aromatic heterocycles. The summed E-state index contributed by atoms with van der Waals surface area (Å²) in [6, 6.07) is 15.8. The summed E-state index contributed by atoms with van der Waals surface area (Å²) in [6.07, 6.45) is 10.5. The number of nitrogens with zero attached hydrogens (tertiary/aromatic N) is 3. The molecular weight excluding hydrogens is 366 g/mol. The lowest BCUT2D eigenvalue weighted by Gasteiger charge is -2.17. The van der Waals surface area contributed by atoms with E-state index in [0.717, 1.165) is 30.4 Å². The molecule has 0 bridgehead atoms. The van der Waals surface area contributed by atoms with Crippen LogP contribution < -0.4 is 9.64 Å². The lowest BCUT2D eigenvalue weighted by atomic mass is 10.0. The van der Waals surface area contributed by atoms with Crippen LogP contribution >= 0.6 is 0 Å². The molecule has 6 heteroatoms. The Morgan fingerprint density at radius 3 is 2.59 bits per heavy atom. The smallest absolute Gasteiger partial charge is 0.475 e. The van der Waals surface area contributed by atoms with Crippen LogP contribution in [-0.4, -0.2) is 17.6 Å². The van der Waals surface area contributed by atoms with Gasteiger partial charge in [0.1, 0.15) is 5.75 Å². The normalized spacial score (nSPS) is 13.5. The monoisotopic (exact) mass is 386 g/mol. The first kappa shape index (κ1) is 19.7. The molecule has 0 radical (unpaired) electrons. The van der Waals surface area contributed by atoms with Gasteiger partial charge in [-0.2, -0.15) is 0 Å². The van der Waals surface area contributed by atoms with Gasteiger partial charge in [-0.25, -0.2) is 0 Å². The Bertz CT molecular complexity index is 1040. The summed E-state index contributed by atoms with van der Waals surface area (Å²) < 4.78 is 5.54. The van der Waals surface area contributed by atoms with Gasteiger partial charge in [0.2, 0.25) is 5.39 Å². The third-order valence-corrected chi connectivity index (χ3v) is 4.55. The molecule has 6 nitrogen and oxygen atoms in total. The number of allylic oxidation sites excluding steroid dienone is 2. The molecule has 2 aromatic carbocycles. The van der Waals surface area contributed by atoms with Crippen molar-refractivity contribution >= 4 is 17.2 Å². The Labute approximate surface area is 169 Å². The maximum atomic E-state index is 12.9. The molecule has 1 N–H and O–H groups in total. The fraction of sp³-hybridized carbons (Fsp3) is 0.174. The second-order valence-electron chi connectivity index (χ2n) is 6.40. The van der Waals surface area contributed by atoms with Crippen molar-refractivity contribution in [3.05, 3.63) is 82.9 Å². The zero-order valence-electron chi connectivity index (χ0n) is 15.8. The highest BCUT2D eigenvalue weighted by Gasteiger charge is 2.36. The van der Waals surface area contributed by atoms with Crippen molar-refractivity contribution in [3.8, 4) is 18.1 Å². The lowest BCUT2D eigenvalue weighted by molar-refractivity contribution is -0.115. The highest BCUT2D eigenvalue weighted by Crippen LogP contribution is 2.34. The predicted molar refractivity (Wildman–Crippen MR) is 111 cm³/mol. The molecule has 29 heavy (non-hydrogen) atoms. The number of carbonyl (C=O) groups is 1. The molecule has 2 aromatic rings. The van der Waals surface area contributed by atoms with E-state index in [4.69, 9.17) is 11.2 Å². The molecule has 0 saturated carbocycles. The van der Waals surface area contributed by atoms with Gasteiger partial charge in [-0.3, -0.25) is 9.69 Å². The van der Waals surface area contributed by atoms with Crippen molar-refractivity contribution in [3.63, 3.8) is 0 Å². The Hall–Kier alpha value is -4.03. The Kier molecular flexibility index (Phi) is 6.29. The summed E-state index contributed by atoms with van der Waals surface area (Å²) >= 11 is 0. The number of diazo groups is 1. The van der Waals surface area contributed by atoms with Gasteiger partial charge in [0, 0.05) is 11.3 Å². The number of para-hydroxylation sites is 2. The summed E-state index contributed by atoms with van der Waals surface area (Å²) in [7, 11) is 0. The van der Waals surface area contributed by atoms with Gasteiger partial charge in [-0.15, -0.1) is 6.42 Å². The number of amides is 1. The van der Waals surface area contributed by atoms with Crippen LogP contribution in [0.25, 0.3) is 10.5 Å². The van der Waals surface area contributed by atoms with Crippen LogP contribution in [0.3, 0.4) is 0 Å². The zero-order chi connectivity index (χ0) is 20.6. The summed E-state index contributed by atoms with van der Waals surface area (Å²) in [5, 5.41) is 19.9. The first-order valence-electron chi connectivity index (χ1n) is 9.20. The van der Waals surface area contributed by atoms with Crippen LogP contribution in [0.5, 0.6) is 5.75 Å². The van der Waals surface area contributed by atoms with Crippen molar-refractivity contribution in [1.82, 2.24) is 0 Å². The molecular formula is C23H20N3O3+. The minimum Gasteiger partial charge on any atom is -0.475 e. The molecule has 1 amide bonds. The van der Waals surface area contributed by atoms with Crippen LogP contribution in [0.1, 0.15) is 24.8 Å². The highest BCUT2D eigenvalue weighted by molar-refractivity contribution is 6.07. The average molecular weight is 386 g/mol. The standard InChI is InChI=1S/C23H19N3O3/c1-2-16-26(18-12-4-3-5-13-18)22(27)21(25-24)23(28)29-20-15-9-8-14-19(20)17-10-6-7-11-17/h1,3-5,8-10,12-15H,6-7,11,16H2/p+1. The van der Waals surface area contributed by atoms with Crippen LogP contribution in [-0.2, 0) is 4.79 Å². The number of hydrogen-bond donors (Lipinski definition) is 1. The highest BCUT2D eigenvalue weighted by atomic mass is 16.6. The fourth-order valence-corrected chi connectivity index (χ4v) is 3.17. The molecule has 0 spiro atoms. The lowest BCUT2D eigenvalue weighted by Crippen LogP contribution is -2.32. The molecule has 0 aliphatic heterocycles. The largest absolute Gasteiger partial charge is 0.528 e. The number of terminal acetylenes is 1. The second kappa shape index (κ2) is 9.25. The van der Waals surface area contributed by atoms with E-state index in [1.807, 2.05) is 12.1 Å². The number of aliphatic hydroxyl groups is 1. The van der Waals surface area contributed by atoms with Crippen LogP contribution in [0.15, 0.2) is 72.3 Å². The van der Waals surface area contributed by atoms with Crippen molar-refractivity contribution in [2.24, 2.45) is 0 Å². The van der Waals surface area contributed by atoms with E-state index >= 15 is 0 Å². The molecule has 3 rings (SSSR count). The van der Waals surface area contributed by atoms with Crippen LogP contribution in [0.4, 0.5) is 5.69 Å². The number of benzene rings is 2. The summed E-state index contributed by atoms with van der Waals surface area (Å²) in [6.45, 7) is -0.0708. The van der Waals surface area contributed by atoms with Crippen LogP contribution in [0, 0.1) is 17.7 Å². The fourth-order valence-electron chi connectivity index (χ4n) is 3.17. The molecule has 0 saturated heterocycles. The number of anilines is 1. The van der Waals surface area contributed by atoms with E-state index in [-0.39, 0.29) is 6.54 Å². The number of rotatable bonds is 6. The zero-order valence-corrected chi connectivity index (χ0v) is 15.8. The van der Waals surface area contributed by atoms with Crippen molar-refractivity contribution in [2.75, 3.05) is 11.4 Å². The topological polar surface area (TPSA) is 77.9 Å². The summed E-state index contributed by atoms with van der Waals surface area (Å²) in [5.41, 5.74) is 1.80. The van der Waals surface area contributed by atoms with Gasteiger partial charge >= 0.3 is 17.5 Å². The van der Waals surface area contributed by atoms with E-state index in [1.165, 1.54) is 4.90 Å². The van der Waals surface area contributed by atoms with E-state index in [2.05, 4.69) is 17.0 Å². The first-order valence-corrected chi connectivity index (χ1v) is 9.20. The van der Waals surface area contributed by atoms with E-state index in [1.54, 1.807) is 42.5 Å². The minimum atomic E-state index is -0.804. The SMILES string of the molecule is C#CCN(C(=O)/C([N+]#N)=C(\O)Oc1ccccc1C1=CCCC1)c1ccccc1. The average Bonchev–Trinajstić information content (AvgIpc) is 3.28. The number of ether oxygens (including phenoxy) is 1. The quantitative estimate of drug-likeness (QED) is 0.332.